The Labute approximate surface area is 197 Å². The van der Waals surface area contributed by atoms with Crippen LogP contribution in [0.15, 0.2) is 67.0 Å². The van der Waals surface area contributed by atoms with Gasteiger partial charge in [-0.1, -0.05) is 60.2 Å². The number of ether oxygens (including phenoxy) is 2. The summed E-state index contributed by atoms with van der Waals surface area (Å²) in [5.41, 5.74) is 3.08. The van der Waals surface area contributed by atoms with Crippen LogP contribution in [-0.4, -0.2) is 40.3 Å². The normalized spacial score (nSPS) is 10.8. The molecular formula is C27H24N2O5. The highest BCUT2D eigenvalue weighted by Gasteiger charge is 2.33. The highest BCUT2D eigenvalue weighted by Crippen LogP contribution is 2.30. The summed E-state index contributed by atoms with van der Waals surface area (Å²) in [6, 6.07) is 18.0. The molecule has 0 saturated carbocycles. The van der Waals surface area contributed by atoms with E-state index >= 15 is 0 Å². The monoisotopic (exact) mass is 456 g/mol. The fourth-order valence-electron chi connectivity index (χ4n) is 3.80. The zero-order chi connectivity index (χ0) is 24.2. The molecule has 0 amide bonds. The van der Waals surface area contributed by atoms with E-state index in [1.807, 2.05) is 31.2 Å². The first-order valence-corrected chi connectivity index (χ1v) is 11.0. The maximum atomic E-state index is 13.6. The fraction of sp³-hybridized carbons (Fsp3) is 0.185. The molecule has 2 heterocycles. The summed E-state index contributed by atoms with van der Waals surface area (Å²) in [6.07, 6.45) is 1.45. The van der Waals surface area contributed by atoms with Crippen molar-refractivity contribution in [1.29, 1.82) is 0 Å². The van der Waals surface area contributed by atoms with Crippen LogP contribution in [0.1, 0.15) is 56.2 Å². The Morgan fingerprint density at radius 1 is 0.853 bits per heavy atom. The van der Waals surface area contributed by atoms with Gasteiger partial charge in [0.25, 0.3) is 0 Å². The third-order valence-corrected chi connectivity index (χ3v) is 5.39. The number of ketones is 1. The van der Waals surface area contributed by atoms with Crippen LogP contribution >= 0.6 is 0 Å². The van der Waals surface area contributed by atoms with Crippen molar-refractivity contribution in [2.24, 2.45) is 0 Å². The summed E-state index contributed by atoms with van der Waals surface area (Å²) >= 11 is 0. The van der Waals surface area contributed by atoms with Crippen molar-refractivity contribution in [2.75, 3.05) is 13.2 Å². The van der Waals surface area contributed by atoms with E-state index in [0.29, 0.717) is 16.8 Å². The topological polar surface area (TPSA) is 87.0 Å². The molecule has 0 radical (unpaired) electrons. The van der Waals surface area contributed by atoms with Gasteiger partial charge in [-0.2, -0.15) is 0 Å². The first kappa shape index (κ1) is 22.9. The van der Waals surface area contributed by atoms with Crippen LogP contribution in [0.4, 0.5) is 0 Å². The summed E-state index contributed by atoms with van der Waals surface area (Å²) in [6.45, 7) is 5.51. The van der Waals surface area contributed by atoms with E-state index in [-0.39, 0.29) is 30.0 Å². The maximum Gasteiger partial charge on any atom is 0.341 e. The van der Waals surface area contributed by atoms with Crippen molar-refractivity contribution in [1.82, 2.24) is 9.38 Å². The Morgan fingerprint density at radius 2 is 1.47 bits per heavy atom. The van der Waals surface area contributed by atoms with Gasteiger partial charge in [-0.3, -0.25) is 9.20 Å². The van der Waals surface area contributed by atoms with Crippen LogP contribution in [0.25, 0.3) is 16.8 Å². The summed E-state index contributed by atoms with van der Waals surface area (Å²) in [7, 11) is 0. The average molecular weight is 456 g/mol. The third kappa shape index (κ3) is 4.20. The Kier molecular flexibility index (Phi) is 6.54. The zero-order valence-corrected chi connectivity index (χ0v) is 19.2. The van der Waals surface area contributed by atoms with Crippen molar-refractivity contribution in [2.45, 2.75) is 20.8 Å². The van der Waals surface area contributed by atoms with Crippen molar-refractivity contribution in [3.8, 4) is 11.3 Å². The molecule has 2 aromatic heterocycles. The van der Waals surface area contributed by atoms with Gasteiger partial charge in [0.2, 0.25) is 5.78 Å². The van der Waals surface area contributed by atoms with E-state index < -0.39 is 17.7 Å². The molecule has 2 aromatic carbocycles. The molecule has 0 saturated heterocycles. The SMILES string of the molecule is CCOC(=O)c1c(C(=O)OCC)c2cc(-c3ccc(C)cc3)ncn2c1C(=O)c1ccccc1. The number of fused-ring (bicyclic) bond motifs is 1. The van der Waals surface area contributed by atoms with Crippen LogP contribution in [-0.2, 0) is 9.47 Å². The first-order valence-electron chi connectivity index (χ1n) is 11.0. The van der Waals surface area contributed by atoms with E-state index in [1.54, 1.807) is 50.2 Å². The van der Waals surface area contributed by atoms with Gasteiger partial charge in [0.15, 0.2) is 0 Å². The summed E-state index contributed by atoms with van der Waals surface area (Å²) in [5.74, 6) is -1.92. The van der Waals surface area contributed by atoms with Crippen LogP contribution in [0.3, 0.4) is 0 Å². The zero-order valence-electron chi connectivity index (χ0n) is 19.2. The van der Waals surface area contributed by atoms with Gasteiger partial charge < -0.3 is 9.47 Å². The minimum Gasteiger partial charge on any atom is -0.462 e. The second-order valence-corrected chi connectivity index (χ2v) is 7.63. The van der Waals surface area contributed by atoms with Crippen molar-refractivity contribution < 1.29 is 23.9 Å². The standard InChI is InChI=1S/C27H24N2O5/c1-4-33-26(31)22-21-15-20(18-13-11-17(3)12-14-18)28-16-29(21)24(23(22)27(32)34-5-2)25(30)19-9-7-6-8-10-19/h6-16H,4-5H2,1-3H3. The number of benzene rings is 2. The molecular weight excluding hydrogens is 432 g/mol. The minimum atomic E-state index is -0.773. The lowest BCUT2D eigenvalue weighted by atomic mass is 10.0. The van der Waals surface area contributed by atoms with Crippen molar-refractivity contribution >= 4 is 23.2 Å². The molecule has 7 nitrogen and oxygen atoms in total. The lowest BCUT2D eigenvalue weighted by Crippen LogP contribution is -2.16. The number of rotatable bonds is 7. The number of esters is 2. The molecule has 0 aliphatic rings. The number of aromatic nitrogens is 2. The second-order valence-electron chi connectivity index (χ2n) is 7.63. The van der Waals surface area contributed by atoms with Gasteiger partial charge in [-0.05, 0) is 26.8 Å². The van der Waals surface area contributed by atoms with Crippen LogP contribution in [0.5, 0.6) is 0 Å². The molecule has 4 aromatic rings. The Hall–Kier alpha value is -4.26. The van der Waals surface area contributed by atoms with E-state index in [0.717, 1.165) is 11.1 Å². The molecule has 0 bridgehead atoms. The predicted molar refractivity (Wildman–Crippen MR) is 127 cm³/mol. The Balaban J connectivity index is 2.04. The van der Waals surface area contributed by atoms with Gasteiger partial charge in [-0.15, -0.1) is 0 Å². The molecule has 0 spiro atoms. The molecule has 172 valence electrons. The van der Waals surface area contributed by atoms with Crippen molar-refractivity contribution in [3.05, 3.63) is 94.9 Å². The largest absolute Gasteiger partial charge is 0.462 e. The van der Waals surface area contributed by atoms with E-state index in [4.69, 9.17) is 9.47 Å². The number of carbonyl (C=O) groups excluding carboxylic acids is 3. The van der Waals surface area contributed by atoms with Crippen LogP contribution in [0.2, 0.25) is 0 Å². The highest BCUT2D eigenvalue weighted by molar-refractivity contribution is 6.20. The molecule has 4 rings (SSSR count). The Bertz CT molecular complexity index is 1370. The Morgan fingerprint density at radius 3 is 2.09 bits per heavy atom. The molecule has 34 heavy (non-hydrogen) atoms. The molecule has 0 fully saturated rings. The smallest absolute Gasteiger partial charge is 0.341 e. The molecule has 0 aliphatic heterocycles. The molecule has 0 atom stereocenters. The summed E-state index contributed by atoms with van der Waals surface area (Å²) in [4.78, 5) is 44.2. The number of nitrogens with zero attached hydrogens (tertiary/aromatic N) is 2. The predicted octanol–water partition coefficient (Wildman–Crippen LogP) is 4.89. The van der Waals surface area contributed by atoms with Gasteiger partial charge in [0.05, 0.1) is 24.4 Å². The van der Waals surface area contributed by atoms with Crippen LogP contribution < -0.4 is 0 Å². The number of hydrogen-bond acceptors (Lipinski definition) is 6. The number of hydrogen-bond donors (Lipinski definition) is 0. The second kappa shape index (κ2) is 9.70. The van der Waals surface area contributed by atoms with E-state index in [2.05, 4.69) is 4.98 Å². The number of aryl methyl sites for hydroxylation is 1. The van der Waals surface area contributed by atoms with E-state index in [1.165, 1.54) is 10.7 Å². The minimum absolute atomic E-state index is 0.00524. The quantitative estimate of drug-likeness (QED) is 0.291. The third-order valence-electron chi connectivity index (χ3n) is 5.39. The van der Waals surface area contributed by atoms with Gasteiger partial charge in [0, 0.05) is 11.1 Å². The maximum absolute atomic E-state index is 13.6. The summed E-state index contributed by atoms with van der Waals surface area (Å²) < 4.78 is 12.0. The van der Waals surface area contributed by atoms with Crippen LogP contribution in [0, 0.1) is 6.92 Å². The highest BCUT2D eigenvalue weighted by atomic mass is 16.5. The lowest BCUT2D eigenvalue weighted by molar-refractivity contribution is 0.0480. The molecule has 0 aliphatic carbocycles. The summed E-state index contributed by atoms with van der Waals surface area (Å²) in [5, 5.41) is 0. The van der Waals surface area contributed by atoms with Gasteiger partial charge in [-0.25, -0.2) is 14.6 Å². The lowest BCUT2D eigenvalue weighted by Gasteiger charge is -2.07. The molecule has 0 N–H and O–H groups in total. The average Bonchev–Trinajstić information content (AvgIpc) is 3.19. The first-order chi connectivity index (χ1) is 16.5. The molecule has 0 unspecified atom stereocenters. The fourth-order valence-corrected chi connectivity index (χ4v) is 3.80. The van der Waals surface area contributed by atoms with Gasteiger partial charge >= 0.3 is 11.9 Å². The number of carbonyl (C=O) groups is 3. The van der Waals surface area contributed by atoms with Crippen molar-refractivity contribution in [3.63, 3.8) is 0 Å². The van der Waals surface area contributed by atoms with Gasteiger partial charge in [0.1, 0.15) is 23.1 Å². The van der Waals surface area contributed by atoms with E-state index in [9.17, 15) is 14.4 Å². The molecule has 7 heteroatoms.